The maximum atomic E-state index is 13.6. The Hall–Kier alpha value is -2.55. The first-order valence-corrected chi connectivity index (χ1v) is 18.2. The van der Waals surface area contributed by atoms with Crippen molar-refractivity contribution in [2.24, 2.45) is 17.8 Å². The summed E-state index contributed by atoms with van der Waals surface area (Å²) in [6.45, 7) is 5.87. The van der Waals surface area contributed by atoms with E-state index < -0.39 is 27.3 Å². The quantitative estimate of drug-likeness (QED) is 0.376. The summed E-state index contributed by atoms with van der Waals surface area (Å²) in [6.07, 6.45) is 10.8. The van der Waals surface area contributed by atoms with Gasteiger partial charge in [0.25, 0.3) is 5.91 Å². The van der Waals surface area contributed by atoms with E-state index >= 15 is 0 Å². The van der Waals surface area contributed by atoms with Gasteiger partial charge in [0.15, 0.2) is 0 Å². The fraction of sp³-hybridized carbons (Fsp3) is 0.571. The summed E-state index contributed by atoms with van der Waals surface area (Å²) in [6, 6.07) is 11.5. The topological polar surface area (TPSA) is 95.9 Å². The number of sulfonamides is 1. The predicted molar refractivity (Wildman–Crippen MR) is 175 cm³/mol. The van der Waals surface area contributed by atoms with E-state index in [0.29, 0.717) is 37.3 Å². The number of nitrogens with zero attached hydrogens (tertiary/aromatic N) is 1. The van der Waals surface area contributed by atoms with Gasteiger partial charge in [-0.25, -0.2) is 13.1 Å². The average molecular weight is 641 g/mol. The number of allylic oxidation sites excluding steroid dienone is 1. The van der Waals surface area contributed by atoms with Crippen molar-refractivity contribution in [1.82, 2.24) is 4.72 Å². The fourth-order valence-electron chi connectivity index (χ4n) is 7.95. The lowest BCUT2D eigenvalue weighted by atomic mass is 9.68. The van der Waals surface area contributed by atoms with Crippen molar-refractivity contribution >= 4 is 33.2 Å². The molecule has 2 N–H and O–H groups in total. The molecule has 1 fully saturated rings. The van der Waals surface area contributed by atoms with Crippen molar-refractivity contribution in [3.63, 3.8) is 0 Å². The molecule has 2 aliphatic heterocycles. The molecule has 6 rings (SSSR count). The van der Waals surface area contributed by atoms with E-state index in [9.17, 15) is 18.3 Å². The number of amides is 1. The molecule has 2 aliphatic carbocycles. The van der Waals surface area contributed by atoms with Crippen molar-refractivity contribution in [1.29, 1.82) is 0 Å². The molecule has 2 heterocycles. The summed E-state index contributed by atoms with van der Waals surface area (Å²) in [5.41, 5.74) is 3.35. The number of hydrogen-bond acceptors (Lipinski definition) is 6. The molecule has 9 heteroatoms. The first kappa shape index (κ1) is 31.4. The van der Waals surface area contributed by atoms with Crippen LogP contribution < -0.4 is 14.4 Å². The minimum Gasteiger partial charge on any atom is -0.490 e. The summed E-state index contributed by atoms with van der Waals surface area (Å²) in [4.78, 5) is 15.9. The third kappa shape index (κ3) is 6.14. The molecule has 4 aliphatic rings. The Morgan fingerprint density at radius 1 is 1.18 bits per heavy atom. The van der Waals surface area contributed by atoms with E-state index in [1.165, 1.54) is 11.1 Å². The van der Waals surface area contributed by atoms with Crippen LogP contribution in [0, 0.1) is 17.8 Å². The van der Waals surface area contributed by atoms with Gasteiger partial charge in [0.1, 0.15) is 5.75 Å². The molecule has 0 unspecified atom stereocenters. The number of unbranched alkanes of at least 4 members (excludes halogenated alkanes) is 1. The van der Waals surface area contributed by atoms with E-state index in [2.05, 4.69) is 21.8 Å². The summed E-state index contributed by atoms with van der Waals surface area (Å²) in [5.74, 6) is 0.278. The Morgan fingerprint density at radius 2 is 2.02 bits per heavy atom. The number of aryl methyl sites for hydroxylation is 1. The SMILES string of the molecule is CCCC[C@H]1[C@H](C)C/C=C\[C@H](O)[C@@H]2CC[C@H]2CN2C[C@@]3(CCCc4cc(Cl)ccc43)COc3ccc(cc32)C(=O)NS1(=O)=O. The second kappa shape index (κ2) is 12.7. The number of carbonyl (C=O) groups excluding carboxylic acids is 1. The van der Waals surface area contributed by atoms with Gasteiger partial charge in [0, 0.05) is 29.1 Å². The Bertz CT molecular complexity index is 1530. The normalized spacial score (nSPS) is 32.3. The smallest absolute Gasteiger partial charge is 0.264 e. The summed E-state index contributed by atoms with van der Waals surface area (Å²) in [5, 5.41) is 11.3. The standard InChI is InChI=1S/C35H45ClN2O5S/c1-3-4-10-33-23(2)7-5-9-31(39)28-14-11-26(28)20-38-21-35(17-6-8-24-18-27(36)13-15-29(24)35)22-43-32-16-12-25(19-30(32)38)34(40)37-44(33,41)42/h5,9,12-13,15-16,18-19,23,26,28,31,33,39H,3-4,6-8,10-11,14,17,20-22H2,1-2H3,(H,37,40)/b9-5-/t23-,26+,28-,31+,33+,35+/m1/s1. The van der Waals surface area contributed by atoms with Gasteiger partial charge < -0.3 is 14.7 Å². The number of rotatable bonds is 3. The summed E-state index contributed by atoms with van der Waals surface area (Å²) < 4.78 is 36.2. The predicted octanol–water partition coefficient (Wildman–Crippen LogP) is 6.41. The minimum atomic E-state index is -3.94. The van der Waals surface area contributed by atoms with Crippen LogP contribution in [0.15, 0.2) is 48.6 Å². The molecule has 1 saturated carbocycles. The second-order valence-corrected chi connectivity index (χ2v) is 15.9. The third-order valence-electron chi connectivity index (χ3n) is 10.6. The lowest BCUT2D eigenvalue weighted by Gasteiger charge is -2.45. The molecule has 0 saturated heterocycles. The lowest BCUT2D eigenvalue weighted by molar-refractivity contribution is 0.0455. The largest absolute Gasteiger partial charge is 0.490 e. The van der Waals surface area contributed by atoms with Crippen LogP contribution in [0.4, 0.5) is 5.69 Å². The number of benzene rings is 2. The Labute approximate surface area is 267 Å². The van der Waals surface area contributed by atoms with E-state index in [0.717, 1.165) is 62.2 Å². The van der Waals surface area contributed by atoms with Gasteiger partial charge in [0.2, 0.25) is 10.0 Å². The third-order valence-corrected chi connectivity index (χ3v) is 12.8. The van der Waals surface area contributed by atoms with E-state index in [1.807, 2.05) is 38.1 Å². The van der Waals surface area contributed by atoms with Crippen molar-refractivity contribution in [3.8, 4) is 5.75 Å². The Morgan fingerprint density at radius 3 is 2.80 bits per heavy atom. The van der Waals surface area contributed by atoms with Gasteiger partial charge >= 0.3 is 0 Å². The van der Waals surface area contributed by atoms with E-state index in [-0.39, 0.29) is 23.2 Å². The van der Waals surface area contributed by atoms with Crippen LogP contribution in [0.2, 0.25) is 5.02 Å². The highest BCUT2D eigenvalue weighted by atomic mass is 35.5. The zero-order valence-corrected chi connectivity index (χ0v) is 27.4. The van der Waals surface area contributed by atoms with Gasteiger partial charge in [-0.05, 0) is 104 Å². The van der Waals surface area contributed by atoms with Crippen LogP contribution in [0.5, 0.6) is 5.75 Å². The number of aliphatic hydroxyl groups excluding tert-OH is 1. The summed E-state index contributed by atoms with van der Waals surface area (Å²) >= 11 is 6.40. The molecular weight excluding hydrogens is 596 g/mol. The molecule has 44 heavy (non-hydrogen) atoms. The molecule has 2 aromatic carbocycles. The summed E-state index contributed by atoms with van der Waals surface area (Å²) in [7, 11) is -3.94. The highest BCUT2D eigenvalue weighted by Gasteiger charge is 2.44. The van der Waals surface area contributed by atoms with Crippen LogP contribution >= 0.6 is 11.6 Å². The first-order valence-electron chi connectivity index (χ1n) is 16.3. The van der Waals surface area contributed by atoms with Crippen LogP contribution in [0.3, 0.4) is 0 Å². The van der Waals surface area contributed by atoms with Gasteiger partial charge in [-0.2, -0.15) is 0 Å². The van der Waals surface area contributed by atoms with Crippen LogP contribution in [-0.2, 0) is 21.9 Å². The maximum Gasteiger partial charge on any atom is 0.264 e. The van der Waals surface area contributed by atoms with Crippen LogP contribution in [0.1, 0.15) is 86.7 Å². The van der Waals surface area contributed by atoms with E-state index in [1.54, 1.807) is 12.1 Å². The molecule has 0 radical (unpaired) electrons. The fourth-order valence-corrected chi connectivity index (χ4v) is 9.87. The van der Waals surface area contributed by atoms with E-state index in [4.69, 9.17) is 16.3 Å². The number of hydrogen-bond donors (Lipinski definition) is 2. The molecule has 0 aromatic heterocycles. The second-order valence-electron chi connectivity index (χ2n) is 13.6. The molecule has 7 nitrogen and oxygen atoms in total. The molecule has 238 valence electrons. The van der Waals surface area contributed by atoms with Crippen LogP contribution in [-0.4, -0.2) is 50.5 Å². The number of aliphatic hydroxyl groups is 1. The van der Waals surface area contributed by atoms with Crippen LogP contribution in [0.25, 0.3) is 0 Å². The van der Waals surface area contributed by atoms with Crippen molar-refractivity contribution < 1.29 is 23.1 Å². The Kier molecular flexibility index (Phi) is 9.06. The average Bonchev–Trinajstić information content (AvgIpc) is 3.11. The Balaban J connectivity index is 1.41. The molecule has 2 bridgehead atoms. The zero-order chi connectivity index (χ0) is 31.1. The number of ether oxygens (including phenoxy) is 1. The van der Waals surface area contributed by atoms with Crippen molar-refractivity contribution in [2.75, 3.05) is 24.6 Å². The van der Waals surface area contributed by atoms with Gasteiger partial charge in [-0.15, -0.1) is 0 Å². The minimum absolute atomic E-state index is 0.126. The molecule has 1 spiro atoms. The molecule has 1 amide bonds. The van der Waals surface area contributed by atoms with Crippen molar-refractivity contribution in [3.05, 3.63) is 70.3 Å². The first-order chi connectivity index (χ1) is 21.1. The zero-order valence-electron chi connectivity index (χ0n) is 25.8. The number of anilines is 1. The number of nitrogens with one attached hydrogen (secondary N) is 1. The molecular formula is C35H45ClN2O5S. The van der Waals surface area contributed by atoms with Crippen molar-refractivity contribution in [2.45, 2.75) is 88.4 Å². The maximum absolute atomic E-state index is 13.6. The number of carbonyl (C=O) groups is 1. The number of fused-ring (bicyclic) bond motifs is 4. The van der Waals surface area contributed by atoms with Gasteiger partial charge in [0.05, 0.1) is 23.6 Å². The molecule has 2 aromatic rings. The molecule has 6 atom stereocenters. The monoisotopic (exact) mass is 640 g/mol. The van der Waals surface area contributed by atoms with Gasteiger partial charge in [-0.3, -0.25) is 4.79 Å². The highest BCUT2D eigenvalue weighted by molar-refractivity contribution is 7.90. The van der Waals surface area contributed by atoms with Gasteiger partial charge in [-0.1, -0.05) is 56.5 Å². The lowest BCUT2D eigenvalue weighted by Crippen LogP contribution is -2.49. The highest BCUT2D eigenvalue weighted by Crippen LogP contribution is 2.46. The number of halogens is 1.